The van der Waals surface area contributed by atoms with Crippen molar-refractivity contribution in [3.05, 3.63) is 34.9 Å². The second-order valence-electron chi connectivity index (χ2n) is 7.27. The SMILES string of the molecule is CC(C)(C)OC(=O)N1CCC[C@@H](NS(=O)(=O)Cc2ccc(Cl)cc2)C1. The Morgan fingerprint density at radius 3 is 2.56 bits per heavy atom. The van der Waals surface area contributed by atoms with E-state index in [1.807, 2.05) is 0 Å². The fourth-order valence-electron chi connectivity index (χ4n) is 2.66. The van der Waals surface area contributed by atoms with Crippen LogP contribution in [0.4, 0.5) is 4.79 Å². The number of amides is 1. The van der Waals surface area contributed by atoms with E-state index in [-0.39, 0.29) is 11.8 Å². The average molecular weight is 389 g/mol. The van der Waals surface area contributed by atoms with Crippen molar-refractivity contribution in [2.45, 2.75) is 51.0 Å². The van der Waals surface area contributed by atoms with Crippen molar-refractivity contribution in [1.82, 2.24) is 9.62 Å². The van der Waals surface area contributed by atoms with Gasteiger partial charge in [-0.1, -0.05) is 23.7 Å². The molecule has 1 amide bonds. The van der Waals surface area contributed by atoms with Crippen LogP contribution in [0.5, 0.6) is 0 Å². The maximum Gasteiger partial charge on any atom is 0.410 e. The molecule has 0 unspecified atom stereocenters. The van der Waals surface area contributed by atoms with Crippen molar-refractivity contribution in [3.8, 4) is 0 Å². The Labute approximate surface area is 154 Å². The third kappa shape index (κ3) is 6.84. The molecule has 0 aliphatic carbocycles. The summed E-state index contributed by atoms with van der Waals surface area (Å²) in [5.41, 5.74) is 0.0923. The Hall–Kier alpha value is -1.31. The summed E-state index contributed by atoms with van der Waals surface area (Å²) in [6.45, 7) is 6.31. The summed E-state index contributed by atoms with van der Waals surface area (Å²) in [7, 11) is -3.50. The van der Waals surface area contributed by atoms with Crippen LogP contribution < -0.4 is 4.72 Å². The summed E-state index contributed by atoms with van der Waals surface area (Å²) in [5, 5.41) is 0.564. The molecule has 1 heterocycles. The van der Waals surface area contributed by atoms with Gasteiger partial charge in [0.05, 0.1) is 5.75 Å². The summed E-state index contributed by atoms with van der Waals surface area (Å²) in [5.74, 6) is -0.118. The number of carbonyl (C=O) groups excluding carboxylic acids is 1. The van der Waals surface area contributed by atoms with E-state index in [1.54, 1.807) is 49.9 Å². The molecule has 140 valence electrons. The van der Waals surface area contributed by atoms with Crippen LogP contribution in [0.25, 0.3) is 0 Å². The van der Waals surface area contributed by atoms with Crippen molar-refractivity contribution in [3.63, 3.8) is 0 Å². The Balaban J connectivity index is 1.94. The van der Waals surface area contributed by atoms with E-state index >= 15 is 0 Å². The molecule has 8 heteroatoms. The van der Waals surface area contributed by atoms with Gasteiger partial charge in [-0.25, -0.2) is 17.9 Å². The van der Waals surface area contributed by atoms with Gasteiger partial charge >= 0.3 is 6.09 Å². The first-order valence-corrected chi connectivity index (χ1v) is 10.3. The predicted molar refractivity (Wildman–Crippen MR) is 98.0 cm³/mol. The largest absolute Gasteiger partial charge is 0.444 e. The molecule has 0 radical (unpaired) electrons. The highest BCUT2D eigenvalue weighted by Gasteiger charge is 2.29. The van der Waals surface area contributed by atoms with E-state index in [9.17, 15) is 13.2 Å². The number of carbonyl (C=O) groups is 1. The van der Waals surface area contributed by atoms with Crippen molar-refractivity contribution in [2.75, 3.05) is 13.1 Å². The molecule has 0 aromatic heterocycles. The van der Waals surface area contributed by atoms with Crippen molar-refractivity contribution in [1.29, 1.82) is 0 Å². The molecular weight excluding hydrogens is 364 g/mol. The highest BCUT2D eigenvalue weighted by atomic mass is 35.5. The van der Waals surface area contributed by atoms with E-state index in [0.29, 0.717) is 30.1 Å². The topological polar surface area (TPSA) is 75.7 Å². The summed E-state index contributed by atoms with van der Waals surface area (Å²) in [4.78, 5) is 13.7. The van der Waals surface area contributed by atoms with Gasteiger partial charge in [-0.2, -0.15) is 0 Å². The molecule has 1 N–H and O–H groups in total. The summed E-state index contributed by atoms with van der Waals surface area (Å²) < 4.78 is 32.8. The molecule has 1 aliphatic rings. The molecule has 2 rings (SSSR count). The maximum absolute atomic E-state index is 12.4. The number of piperidine rings is 1. The fraction of sp³-hybridized carbons (Fsp3) is 0.588. The van der Waals surface area contributed by atoms with Crippen molar-refractivity contribution < 1.29 is 17.9 Å². The number of sulfonamides is 1. The maximum atomic E-state index is 12.4. The minimum atomic E-state index is -3.50. The van der Waals surface area contributed by atoms with Gasteiger partial charge in [0.15, 0.2) is 0 Å². The molecule has 1 aromatic rings. The first-order valence-electron chi connectivity index (χ1n) is 8.26. The Kier molecular flexibility index (Phi) is 6.35. The minimum Gasteiger partial charge on any atom is -0.444 e. The first kappa shape index (κ1) is 20.0. The molecule has 1 fully saturated rings. The standard InChI is InChI=1S/C17H25ClN2O4S/c1-17(2,3)24-16(21)20-10-4-5-15(11-20)19-25(22,23)12-13-6-8-14(18)9-7-13/h6-9,15,19H,4-5,10-12H2,1-3H3/t15-/m1/s1. The summed E-state index contributed by atoms with van der Waals surface area (Å²) >= 11 is 5.82. The molecule has 1 aromatic carbocycles. The predicted octanol–water partition coefficient (Wildman–Crippen LogP) is 3.16. The quantitative estimate of drug-likeness (QED) is 0.859. The third-order valence-corrected chi connectivity index (χ3v) is 5.35. The molecule has 6 nitrogen and oxygen atoms in total. The van der Waals surface area contributed by atoms with Crippen LogP contribution >= 0.6 is 11.6 Å². The minimum absolute atomic E-state index is 0.118. The van der Waals surface area contributed by atoms with Gasteiger partial charge in [-0.3, -0.25) is 0 Å². The number of halogens is 1. The van der Waals surface area contributed by atoms with Crippen LogP contribution in [0, 0.1) is 0 Å². The molecule has 25 heavy (non-hydrogen) atoms. The number of ether oxygens (including phenoxy) is 1. The van der Waals surface area contributed by atoms with Gasteiger partial charge < -0.3 is 9.64 Å². The summed E-state index contributed by atoms with van der Waals surface area (Å²) in [6, 6.07) is 6.40. The molecule has 1 aliphatic heterocycles. The van der Waals surface area contributed by atoms with Crippen LogP contribution in [0.1, 0.15) is 39.2 Å². The smallest absolute Gasteiger partial charge is 0.410 e. The highest BCUT2D eigenvalue weighted by Crippen LogP contribution is 2.17. The molecular formula is C17H25ClN2O4S. The van der Waals surface area contributed by atoms with Gasteiger partial charge in [-0.05, 0) is 51.3 Å². The highest BCUT2D eigenvalue weighted by molar-refractivity contribution is 7.88. The summed E-state index contributed by atoms with van der Waals surface area (Å²) in [6.07, 6.45) is 1.01. The van der Waals surface area contributed by atoms with Crippen LogP contribution in [-0.4, -0.2) is 44.1 Å². The second-order valence-corrected chi connectivity index (χ2v) is 9.46. The number of nitrogens with one attached hydrogen (secondary N) is 1. The fourth-order valence-corrected chi connectivity index (χ4v) is 4.20. The number of rotatable bonds is 4. The van der Waals surface area contributed by atoms with Gasteiger partial charge in [0, 0.05) is 24.2 Å². The second kappa shape index (κ2) is 7.93. The van der Waals surface area contributed by atoms with Crippen molar-refractivity contribution >= 4 is 27.7 Å². The lowest BCUT2D eigenvalue weighted by atomic mass is 10.1. The van der Waals surface area contributed by atoms with Gasteiger partial charge in [0.2, 0.25) is 10.0 Å². The zero-order chi connectivity index (χ0) is 18.7. The van der Waals surface area contributed by atoms with E-state index < -0.39 is 21.7 Å². The van der Waals surface area contributed by atoms with Crippen LogP contribution in [0.3, 0.4) is 0 Å². The Morgan fingerprint density at radius 2 is 1.96 bits per heavy atom. The van der Waals surface area contributed by atoms with E-state index in [1.165, 1.54) is 0 Å². The average Bonchev–Trinajstić information content (AvgIpc) is 2.47. The van der Waals surface area contributed by atoms with E-state index in [4.69, 9.17) is 16.3 Å². The number of hydrogen-bond donors (Lipinski definition) is 1. The molecule has 1 saturated heterocycles. The van der Waals surface area contributed by atoms with Crippen LogP contribution in [-0.2, 0) is 20.5 Å². The van der Waals surface area contributed by atoms with Crippen LogP contribution in [0.2, 0.25) is 5.02 Å². The van der Waals surface area contributed by atoms with Crippen molar-refractivity contribution in [2.24, 2.45) is 0 Å². The number of nitrogens with zero attached hydrogens (tertiary/aromatic N) is 1. The van der Waals surface area contributed by atoms with E-state index in [2.05, 4.69) is 4.72 Å². The molecule has 0 bridgehead atoms. The molecule has 1 atom stereocenters. The lowest BCUT2D eigenvalue weighted by Gasteiger charge is -2.34. The number of likely N-dealkylation sites (tertiary alicyclic amines) is 1. The Morgan fingerprint density at radius 1 is 1.32 bits per heavy atom. The van der Waals surface area contributed by atoms with E-state index in [0.717, 1.165) is 6.42 Å². The first-order chi connectivity index (χ1) is 11.5. The Bertz CT molecular complexity index is 698. The molecule has 0 saturated carbocycles. The van der Waals surface area contributed by atoms with Gasteiger partial charge in [-0.15, -0.1) is 0 Å². The molecule has 0 spiro atoms. The van der Waals surface area contributed by atoms with Gasteiger partial charge in [0.25, 0.3) is 0 Å². The zero-order valence-electron chi connectivity index (χ0n) is 14.8. The number of hydrogen-bond acceptors (Lipinski definition) is 4. The lowest BCUT2D eigenvalue weighted by Crippen LogP contribution is -2.50. The normalized spacial score (nSPS) is 18.9. The van der Waals surface area contributed by atoms with Crippen LogP contribution in [0.15, 0.2) is 24.3 Å². The monoisotopic (exact) mass is 388 g/mol. The van der Waals surface area contributed by atoms with Gasteiger partial charge in [0.1, 0.15) is 5.60 Å². The zero-order valence-corrected chi connectivity index (χ0v) is 16.4. The third-order valence-electron chi connectivity index (χ3n) is 3.69. The number of benzene rings is 1. The lowest BCUT2D eigenvalue weighted by molar-refractivity contribution is 0.0195.